The molecule has 2 heterocycles. The van der Waals surface area contributed by atoms with E-state index in [-0.39, 0.29) is 29.7 Å². The lowest BCUT2D eigenvalue weighted by Gasteiger charge is -2.40. The zero-order valence-electron chi connectivity index (χ0n) is 18.1. The lowest BCUT2D eigenvalue weighted by Crippen LogP contribution is -2.59. The number of carbonyl (C=O) groups excluding carboxylic acids is 2. The van der Waals surface area contributed by atoms with E-state index in [0.29, 0.717) is 32.3 Å². The minimum absolute atomic E-state index is 0.00242. The second-order valence-electron chi connectivity index (χ2n) is 9.22. The Kier molecular flexibility index (Phi) is 6.74. The number of piperazine rings is 1. The van der Waals surface area contributed by atoms with Gasteiger partial charge in [0.15, 0.2) is 0 Å². The zero-order valence-corrected chi connectivity index (χ0v) is 18.1. The summed E-state index contributed by atoms with van der Waals surface area (Å²) in [6.07, 6.45) is 6.77. The van der Waals surface area contributed by atoms with E-state index >= 15 is 0 Å². The van der Waals surface area contributed by atoms with Gasteiger partial charge in [-0.3, -0.25) is 14.5 Å². The average molecular weight is 414 g/mol. The summed E-state index contributed by atoms with van der Waals surface area (Å²) in [5.74, 6) is -0.0272. The van der Waals surface area contributed by atoms with Crippen molar-refractivity contribution >= 4 is 11.8 Å². The molecule has 1 aliphatic carbocycles. The van der Waals surface area contributed by atoms with Crippen molar-refractivity contribution in [2.75, 3.05) is 32.8 Å². The van der Waals surface area contributed by atoms with E-state index in [9.17, 15) is 9.59 Å². The maximum Gasteiger partial charge on any atom is 0.237 e. The number of nitrogens with zero attached hydrogens (tertiary/aromatic N) is 1. The first-order valence-corrected chi connectivity index (χ1v) is 11.5. The average Bonchev–Trinajstić information content (AvgIpc) is 3.30. The van der Waals surface area contributed by atoms with Crippen molar-refractivity contribution in [1.29, 1.82) is 0 Å². The predicted molar refractivity (Wildman–Crippen MR) is 116 cm³/mol. The minimum atomic E-state index is -0.341. The Labute approximate surface area is 179 Å². The third-order valence-corrected chi connectivity index (χ3v) is 7.28. The number of benzene rings is 1. The molecule has 3 fully saturated rings. The van der Waals surface area contributed by atoms with E-state index in [1.807, 2.05) is 0 Å². The highest BCUT2D eigenvalue weighted by molar-refractivity contribution is 5.88. The first kappa shape index (κ1) is 21.3. The van der Waals surface area contributed by atoms with Crippen molar-refractivity contribution in [3.8, 4) is 0 Å². The maximum atomic E-state index is 12.9. The van der Waals surface area contributed by atoms with Crippen molar-refractivity contribution in [1.82, 2.24) is 15.5 Å². The first-order valence-electron chi connectivity index (χ1n) is 11.5. The van der Waals surface area contributed by atoms with Crippen molar-refractivity contribution in [3.63, 3.8) is 0 Å². The van der Waals surface area contributed by atoms with Gasteiger partial charge < -0.3 is 15.4 Å². The van der Waals surface area contributed by atoms with Crippen LogP contribution in [-0.2, 0) is 19.7 Å². The molecule has 2 aliphatic heterocycles. The van der Waals surface area contributed by atoms with Gasteiger partial charge in [-0.15, -0.1) is 0 Å². The fraction of sp³-hybridized carbons (Fsp3) is 0.667. The lowest BCUT2D eigenvalue weighted by molar-refractivity contribution is -0.135. The van der Waals surface area contributed by atoms with E-state index in [1.165, 1.54) is 24.0 Å². The molecule has 2 saturated heterocycles. The molecule has 0 bridgehead atoms. The molecule has 4 rings (SSSR count). The number of rotatable bonds is 6. The van der Waals surface area contributed by atoms with Crippen LogP contribution in [-0.4, -0.2) is 61.6 Å². The molecule has 3 aliphatic rings. The van der Waals surface area contributed by atoms with Gasteiger partial charge in [0.1, 0.15) is 0 Å². The van der Waals surface area contributed by atoms with Crippen molar-refractivity contribution in [2.45, 2.75) is 69.4 Å². The Balaban J connectivity index is 1.41. The van der Waals surface area contributed by atoms with Crippen LogP contribution in [0.3, 0.4) is 0 Å². The van der Waals surface area contributed by atoms with E-state index in [4.69, 9.17) is 4.74 Å². The van der Waals surface area contributed by atoms with Crippen LogP contribution in [0.15, 0.2) is 24.3 Å². The highest BCUT2D eigenvalue weighted by Gasteiger charge is 2.38. The Morgan fingerprint density at radius 2 is 1.90 bits per heavy atom. The van der Waals surface area contributed by atoms with Crippen LogP contribution >= 0.6 is 0 Å². The summed E-state index contributed by atoms with van der Waals surface area (Å²) in [4.78, 5) is 27.8. The second-order valence-corrected chi connectivity index (χ2v) is 9.22. The van der Waals surface area contributed by atoms with Crippen LogP contribution in [0.4, 0.5) is 0 Å². The summed E-state index contributed by atoms with van der Waals surface area (Å²) in [7, 11) is 0. The number of ether oxygens (including phenoxy) is 1. The molecule has 6 heteroatoms. The molecule has 1 aromatic carbocycles. The van der Waals surface area contributed by atoms with Crippen LogP contribution in [0.2, 0.25) is 0 Å². The minimum Gasteiger partial charge on any atom is -0.381 e. The Morgan fingerprint density at radius 1 is 1.20 bits per heavy atom. The quantitative estimate of drug-likeness (QED) is 0.751. The number of carbonyl (C=O) groups is 2. The molecular formula is C24H35N3O3. The summed E-state index contributed by atoms with van der Waals surface area (Å²) in [6, 6.07) is 8.75. The van der Waals surface area contributed by atoms with Gasteiger partial charge in [-0.25, -0.2) is 0 Å². The molecule has 2 N–H and O–H groups in total. The van der Waals surface area contributed by atoms with Gasteiger partial charge in [0, 0.05) is 44.3 Å². The molecule has 0 spiro atoms. The van der Waals surface area contributed by atoms with Crippen LogP contribution in [0.5, 0.6) is 0 Å². The third-order valence-electron chi connectivity index (χ3n) is 7.28. The summed E-state index contributed by atoms with van der Waals surface area (Å²) in [5, 5.41) is 6.14. The molecule has 1 atom stereocenters. The van der Waals surface area contributed by atoms with Gasteiger partial charge in [0.05, 0.1) is 12.5 Å². The number of amides is 2. The van der Waals surface area contributed by atoms with Gasteiger partial charge >= 0.3 is 0 Å². The van der Waals surface area contributed by atoms with E-state index in [0.717, 1.165) is 32.2 Å². The summed E-state index contributed by atoms with van der Waals surface area (Å²) in [5.41, 5.74) is 2.40. The summed E-state index contributed by atoms with van der Waals surface area (Å²) < 4.78 is 5.61. The standard InChI is InChI=1S/C24H35N3O3/c1-18-6-8-19(9-7-18)24(10-14-30-15-11-24)17-26-22(28)16-21-23(29)25-12-13-27(21)20-4-2-3-5-20/h6-9,20-21H,2-5,10-17H2,1H3,(H,25,29)(H,26,28). The molecule has 6 nitrogen and oxygen atoms in total. The number of hydrogen-bond donors (Lipinski definition) is 2. The third kappa shape index (κ3) is 4.70. The predicted octanol–water partition coefficient (Wildman–Crippen LogP) is 2.29. The van der Waals surface area contributed by atoms with E-state index in [2.05, 4.69) is 46.7 Å². The fourth-order valence-electron chi connectivity index (χ4n) is 5.37. The molecule has 1 unspecified atom stereocenters. The van der Waals surface area contributed by atoms with Gasteiger partial charge in [0.2, 0.25) is 11.8 Å². The molecular weight excluding hydrogens is 378 g/mol. The van der Waals surface area contributed by atoms with Crippen LogP contribution in [0.1, 0.15) is 56.1 Å². The molecule has 1 saturated carbocycles. The van der Waals surface area contributed by atoms with E-state index < -0.39 is 0 Å². The smallest absolute Gasteiger partial charge is 0.237 e. The first-order chi connectivity index (χ1) is 14.6. The molecule has 2 amide bonds. The fourth-order valence-corrected chi connectivity index (χ4v) is 5.37. The molecule has 0 aromatic heterocycles. The van der Waals surface area contributed by atoms with Crippen LogP contribution in [0.25, 0.3) is 0 Å². The van der Waals surface area contributed by atoms with Crippen molar-refractivity contribution < 1.29 is 14.3 Å². The Morgan fingerprint density at radius 3 is 2.60 bits per heavy atom. The van der Waals surface area contributed by atoms with Gasteiger partial charge in [-0.2, -0.15) is 0 Å². The highest BCUT2D eigenvalue weighted by atomic mass is 16.5. The number of aryl methyl sites for hydroxylation is 1. The molecule has 1 aromatic rings. The largest absolute Gasteiger partial charge is 0.381 e. The Bertz CT molecular complexity index is 737. The Hall–Kier alpha value is -1.92. The highest BCUT2D eigenvalue weighted by Crippen LogP contribution is 2.34. The molecule has 0 radical (unpaired) electrons. The normalized spacial score (nSPS) is 25.1. The summed E-state index contributed by atoms with van der Waals surface area (Å²) >= 11 is 0. The van der Waals surface area contributed by atoms with Gasteiger partial charge in [0.25, 0.3) is 0 Å². The van der Waals surface area contributed by atoms with Crippen LogP contribution in [0, 0.1) is 6.92 Å². The lowest BCUT2D eigenvalue weighted by atomic mass is 9.74. The SMILES string of the molecule is Cc1ccc(C2(CNC(=O)CC3C(=O)NCCN3C3CCCC3)CCOCC2)cc1. The van der Waals surface area contributed by atoms with E-state index in [1.54, 1.807) is 0 Å². The maximum absolute atomic E-state index is 12.9. The van der Waals surface area contributed by atoms with Gasteiger partial charge in [-0.1, -0.05) is 42.7 Å². The van der Waals surface area contributed by atoms with Gasteiger partial charge in [-0.05, 0) is 38.2 Å². The molecule has 164 valence electrons. The van der Waals surface area contributed by atoms with Crippen molar-refractivity contribution in [3.05, 3.63) is 35.4 Å². The second kappa shape index (κ2) is 9.48. The summed E-state index contributed by atoms with van der Waals surface area (Å²) in [6.45, 7) is 5.64. The van der Waals surface area contributed by atoms with Crippen LogP contribution < -0.4 is 10.6 Å². The molecule has 30 heavy (non-hydrogen) atoms. The monoisotopic (exact) mass is 413 g/mol. The number of hydrogen-bond acceptors (Lipinski definition) is 4. The number of nitrogens with one attached hydrogen (secondary N) is 2. The zero-order chi connectivity index (χ0) is 21.0. The van der Waals surface area contributed by atoms with Crippen molar-refractivity contribution in [2.24, 2.45) is 0 Å². The topological polar surface area (TPSA) is 70.7 Å².